The molecule has 190 valence electrons. The molecule has 0 saturated carbocycles. The number of amides is 2. The fourth-order valence-electron chi connectivity index (χ4n) is 5.85. The zero-order valence-corrected chi connectivity index (χ0v) is 20.9. The van der Waals surface area contributed by atoms with Gasteiger partial charge in [-0.1, -0.05) is 48.5 Å². The number of rotatable bonds is 3. The number of carboxylic acids is 1. The summed E-state index contributed by atoms with van der Waals surface area (Å²) in [5.74, 6) is -1.37. The zero-order valence-electron chi connectivity index (χ0n) is 20.9. The second-order valence-electron chi connectivity index (χ2n) is 11.0. The molecule has 8 heteroatoms. The lowest BCUT2D eigenvalue weighted by molar-refractivity contribution is -0.153. The van der Waals surface area contributed by atoms with Crippen LogP contribution in [0.2, 0.25) is 0 Å². The van der Waals surface area contributed by atoms with E-state index in [4.69, 9.17) is 9.47 Å². The molecule has 0 spiro atoms. The van der Waals surface area contributed by atoms with Gasteiger partial charge in [-0.2, -0.15) is 0 Å². The number of carbonyl (C=O) groups excluding carboxylic acids is 2. The van der Waals surface area contributed by atoms with E-state index in [0.717, 1.165) is 22.3 Å². The van der Waals surface area contributed by atoms with Gasteiger partial charge in [-0.15, -0.1) is 0 Å². The summed E-state index contributed by atoms with van der Waals surface area (Å²) in [6.07, 6.45) is -0.715. The van der Waals surface area contributed by atoms with Crippen LogP contribution in [0, 0.1) is 11.3 Å². The normalized spacial score (nSPS) is 23.0. The van der Waals surface area contributed by atoms with Gasteiger partial charge in [0.15, 0.2) is 0 Å². The summed E-state index contributed by atoms with van der Waals surface area (Å²) in [4.78, 5) is 41.1. The highest BCUT2D eigenvalue weighted by atomic mass is 16.6. The van der Waals surface area contributed by atoms with Gasteiger partial charge in [0.1, 0.15) is 12.2 Å². The smallest absolute Gasteiger partial charge is 0.410 e. The van der Waals surface area contributed by atoms with Crippen LogP contribution in [0.4, 0.5) is 9.59 Å². The Balaban J connectivity index is 1.26. The number of benzene rings is 2. The van der Waals surface area contributed by atoms with E-state index in [9.17, 15) is 19.5 Å². The van der Waals surface area contributed by atoms with Gasteiger partial charge in [-0.3, -0.25) is 4.79 Å². The first-order chi connectivity index (χ1) is 17.1. The van der Waals surface area contributed by atoms with Crippen LogP contribution in [0.25, 0.3) is 11.1 Å². The molecule has 0 aromatic heterocycles. The van der Waals surface area contributed by atoms with Gasteiger partial charge in [0.25, 0.3) is 0 Å². The van der Waals surface area contributed by atoms with Crippen molar-refractivity contribution in [2.45, 2.75) is 38.7 Å². The summed E-state index contributed by atoms with van der Waals surface area (Å²) < 4.78 is 11.3. The third-order valence-corrected chi connectivity index (χ3v) is 7.64. The number of nitrogens with zero attached hydrogens (tertiary/aromatic N) is 2. The number of likely N-dealkylation sites (tertiary alicyclic amines) is 2. The van der Waals surface area contributed by atoms with Crippen LogP contribution >= 0.6 is 0 Å². The molecule has 2 amide bonds. The molecule has 0 radical (unpaired) electrons. The van der Waals surface area contributed by atoms with E-state index in [1.54, 1.807) is 25.7 Å². The largest absolute Gasteiger partial charge is 0.481 e. The number of hydrogen-bond acceptors (Lipinski definition) is 5. The van der Waals surface area contributed by atoms with Crippen LogP contribution in [-0.4, -0.2) is 71.4 Å². The van der Waals surface area contributed by atoms with Gasteiger partial charge in [0.05, 0.1) is 5.41 Å². The molecule has 2 aromatic rings. The summed E-state index contributed by atoms with van der Waals surface area (Å²) in [6, 6.07) is 16.3. The van der Waals surface area contributed by atoms with Crippen LogP contribution in [-0.2, 0) is 14.3 Å². The molecule has 3 aliphatic rings. The highest BCUT2D eigenvalue weighted by Crippen LogP contribution is 2.46. The van der Waals surface area contributed by atoms with Crippen molar-refractivity contribution in [1.29, 1.82) is 0 Å². The molecule has 1 aliphatic carbocycles. The van der Waals surface area contributed by atoms with Crippen molar-refractivity contribution in [3.8, 4) is 11.1 Å². The minimum Gasteiger partial charge on any atom is -0.481 e. The van der Waals surface area contributed by atoms with Crippen molar-refractivity contribution in [3.63, 3.8) is 0 Å². The Kier molecular flexibility index (Phi) is 5.93. The Bertz CT molecular complexity index is 1160. The summed E-state index contributed by atoms with van der Waals surface area (Å²) in [5, 5.41) is 10.1. The number of carboxylic acid groups (broad SMARTS) is 1. The first-order valence-corrected chi connectivity index (χ1v) is 12.4. The summed E-state index contributed by atoms with van der Waals surface area (Å²) in [7, 11) is 0. The molecule has 2 heterocycles. The number of aliphatic carboxylic acids is 1. The van der Waals surface area contributed by atoms with Gasteiger partial charge >= 0.3 is 18.2 Å². The Labute approximate surface area is 210 Å². The molecule has 2 atom stereocenters. The highest BCUT2D eigenvalue weighted by Gasteiger charge is 2.57. The zero-order chi connectivity index (χ0) is 25.7. The Hall–Kier alpha value is -3.55. The lowest BCUT2D eigenvalue weighted by Gasteiger charge is -2.39. The van der Waals surface area contributed by atoms with E-state index in [1.807, 2.05) is 24.3 Å². The third kappa shape index (κ3) is 4.18. The maximum Gasteiger partial charge on any atom is 0.410 e. The second-order valence-corrected chi connectivity index (χ2v) is 11.0. The average molecular weight is 493 g/mol. The van der Waals surface area contributed by atoms with Crippen LogP contribution in [0.3, 0.4) is 0 Å². The molecule has 8 nitrogen and oxygen atoms in total. The molecule has 2 saturated heterocycles. The molecule has 0 unspecified atom stereocenters. The number of ether oxygens (including phenoxy) is 2. The van der Waals surface area contributed by atoms with E-state index < -0.39 is 35.1 Å². The fourth-order valence-corrected chi connectivity index (χ4v) is 5.85. The van der Waals surface area contributed by atoms with Crippen molar-refractivity contribution < 1.29 is 29.0 Å². The molecule has 2 fully saturated rings. The van der Waals surface area contributed by atoms with Gasteiger partial charge in [0, 0.05) is 38.0 Å². The monoisotopic (exact) mass is 492 g/mol. The standard InChI is InChI=1S/C28H32N2O6/c1-27(2,3)36-26(34)30-15-18-14-29(13-12-28(18,17-30)24(31)32)25(33)35-16-23-21-10-6-4-8-19(21)20-9-5-7-11-22(20)23/h4-11,18,23H,12-17H2,1-3H3,(H,31,32)/t18-,28-/m0/s1. The van der Waals surface area contributed by atoms with Crippen LogP contribution in [0.15, 0.2) is 48.5 Å². The SMILES string of the molecule is CC(C)(C)OC(=O)N1C[C@@H]2CN(C(=O)OCC3c4ccccc4-c4ccccc43)CC[C@]2(C(=O)O)C1. The molecule has 36 heavy (non-hydrogen) atoms. The maximum atomic E-state index is 13.1. The topological polar surface area (TPSA) is 96.4 Å². The van der Waals surface area contributed by atoms with Gasteiger partial charge in [0.2, 0.25) is 0 Å². The summed E-state index contributed by atoms with van der Waals surface area (Å²) >= 11 is 0. The number of carbonyl (C=O) groups is 3. The average Bonchev–Trinajstić information content (AvgIpc) is 3.38. The van der Waals surface area contributed by atoms with Crippen LogP contribution in [0.1, 0.15) is 44.2 Å². The number of fused-ring (bicyclic) bond motifs is 4. The van der Waals surface area contributed by atoms with Crippen molar-refractivity contribution in [2.75, 3.05) is 32.8 Å². The minimum absolute atomic E-state index is 0.0432. The predicted molar refractivity (Wildman–Crippen MR) is 133 cm³/mol. The first kappa shape index (κ1) is 24.2. The quantitative estimate of drug-likeness (QED) is 0.674. The first-order valence-electron chi connectivity index (χ1n) is 12.4. The predicted octanol–water partition coefficient (Wildman–Crippen LogP) is 4.58. The van der Waals surface area contributed by atoms with Crippen molar-refractivity contribution in [3.05, 3.63) is 59.7 Å². The second kappa shape index (κ2) is 8.84. The van der Waals surface area contributed by atoms with E-state index >= 15 is 0 Å². The van der Waals surface area contributed by atoms with Crippen LogP contribution < -0.4 is 0 Å². The Morgan fingerprint density at radius 1 is 0.944 bits per heavy atom. The minimum atomic E-state index is -1.09. The highest BCUT2D eigenvalue weighted by molar-refractivity contribution is 5.80. The summed E-state index contributed by atoms with van der Waals surface area (Å²) in [6.45, 7) is 6.35. The Morgan fingerprint density at radius 3 is 2.11 bits per heavy atom. The molecule has 0 bridgehead atoms. The molecule has 5 rings (SSSR count). The molecular weight excluding hydrogens is 460 g/mol. The Morgan fingerprint density at radius 2 is 1.53 bits per heavy atom. The van der Waals surface area contributed by atoms with Gasteiger partial charge in [-0.25, -0.2) is 9.59 Å². The molecule has 2 aliphatic heterocycles. The third-order valence-electron chi connectivity index (χ3n) is 7.64. The lowest BCUT2D eigenvalue weighted by Crippen LogP contribution is -2.52. The molecule has 2 aromatic carbocycles. The summed E-state index contributed by atoms with van der Waals surface area (Å²) in [5.41, 5.74) is 2.83. The molecular formula is C28H32N2O6. The van der Waals surface area contributed by atoms with Gasteiger partial charge < -0.3 is 24.4 Å². The number of hydrogen-bond donors (Lipinski definition) is 1. The van der Waals surface area contributed by atoms with Gasteiger partial charge in [-0.05, 0) is 49.4 Å². The van der Waals surface area contributed by atoms with Crippen molar-refractivity contribution in [1.82, 2.24) is 9.80 Å². The van der Waals surface area contributed by atoms with Crippen molar-refractivity contribution >= 4 is 18.2 Å². The van der Waals surface area contributed by atoms with Crippen molar-refractivity contribution in [2.24, 2.45) is 11.3 Å². The maximum absolute atomic E-state index is 13.1. The van der Waals surface area contributed by atoms with E-state index in [0.29, 0.717) is 0 Å². The number of piperidine rings is 1. The fraction of sp³-hybridized carbons (Fsp3) is 0.464. The van der Waals surface area contributed by atoms with E-state index in [2.05, 4.69) is 24.3 Å². The van der Waals surface area contributed by atoms with E-state index in [-0.39, 0.29) is 45.1 Å². The van der Waals surface area contributed by atoms with E-state index in [1.165, 1.54) is 4.90 Å². The lowest BCUT2D eigenvalue weighted by atomic mass is 9.72. The molecule has 1 N–H and O–H groups in total. The van der Waals surface area contributed by atoms with Crippen LogP contribution in [0.5, 0.6) is 0 Å².